The van der Waals surface area contributed by atoms with Crippen LogP contribution in [0, 0.1) is 0 Å². The molecule has 0 aliphatic rings. The van der Waals surface area contributed by atoms with Crippen LogP contribution in [0.1, 0.15) is 50.5 Å². The monoisotopic (exact) mass is 305 g/mol. The number of Topliss-reactive ketones (excluding diaryl/α,β-unsaturated/α-hetero) is 1. The number of hydrogen-bond acceptors (Lipinski definition) is 4. The van der Waals surface area contributed by atoms with Gasteiger partial charge in [0.05, 0.1) is 0 Å². The topological polar surface area (TPSA) is 72.5 Å². The molecule has 0 saturated carbocycles. The summed E-state index contributed by atoms with van der Waals surface area (Å²) < 4.78 is 4.86. The fourth-order valence-electron chi connectivity index (χ4n) is 1.70. The molecule has 5 nitrogen and oxygen atoms in total. The first-order chi connectivity index (χ1) is 10.1. The lowest BCUT2D eigenvalue weighted by molar-refractivity contribution is -0.152. The molecule has 1 atom stereocenters. The average molecular weight is 305 g/mol. The summed E-state index contributed by atoms with van der Waals surface area (Å²) in [5.74, 6) is -1.23. The Morgan fingerprint density at radius 3 is 2.14 bits per heavy atom. The normalized spacial score (nSPS) is 12.4. The lowest BCUT2D eigenvalue weighted by atomic mass is 9.87. The first-order valence-electron chi connectivity index (χ1n) is 7.20. The maximum absolute atomic E-state index is 11.9. The zero-order valence-electron chi connectivity index (χ0n) is 13.7. The smallest absolute Gasteiger partial charge is 0.326 e. The third-order valence-corrected chi connectivity index (χ3v) is 3.29. The minimum atomic E-state index is -0.796. The number of rotatable bonds is 5. The lowest BCUT2D eigenvalue weighted by Crippen LogP contribution is -2.33. The molecule has 120 valence electrons. The quantitative estimate of drug-likeness (QED) is 0.847. The number of nitrogens with one attached hydrogen (secondary N) is 1. The van der Waals surface area contributed by atoms with Crippen LogP contribution in [-0.2, 0) is 19.7 Å². The molecule has 0 radical (unpaired) electrons. The number of carbonyl (C=O) groups is 3. The van der Waals surface area contributed by atoms with E-state index >= 15 is 0 Å². The number of ether oxygens (including phenoxy) is 1. The van der Waals surface area contributed by atoms with E-state index in [2.05, 4.69) is 26.1 Å². The van der Waals surface area contributed by atoms with Crippen LogP contribution in [0.5, 0.6) is 0 Å². The highest BCUT2D eigenvalue weighted by molar-refractivity contribution is 5.96. The van der Waals surface area contributed by atoms with Crippen molar-refractivity contribution >= 4 is 17.7 Å². The van der Waals surface area contributed by atoms with Gasteiger partial charge >= 0.3 is 5.97 Å². The molecule has 1 unspecified atom stereocenters. The summed E-state index contributed by atoms with van der Waals surface area (Å²) in [5.41, 5.74) is 1.61. The molecule has 0 saturated heterocycles. The summed E-state index contributed by atoms with van der Waals surface area (Å²) in [7, 11) is 0. The van der Waals surface area contributed by atoms with Gasteiger partial charge in [0.2, 0.25) is 0 Å². The highest BCUT2D eigenvalue weighted by Crippen LogP contribution is 2.22. The molecule has 0 aromatic heterocycles. The Kier molecular flexibility index (Phi) is 5.85. The van der Waals surface area contributed by atoms with E-state index in [4.69, 9.17) is 4.74 Å². The van der Waals surface area contributed by atoms with E-state index in [1.807, 2.05) is 12.1 Å². The number of hydrogen-bond donors (Lipinski definition) is 1. The fraction of sp³-hybridized carbons (Fsp3) is 0.471. The van der Waals surface area contributed by atoms with Crippen LogP contribution in [0.15, 0.2) is 24.3 Å². The molecule has 1 amide bonds. The molecule has 1 aromatic rings. The van der Waals surface area contributed by atoms with Crippen molar-refractivity contribution in [1.29, 1.82) is 0 Å². The van der Waals surface area contributed by atoms with Gasteiger partial charge in [0.25, 0.3) is 5.91 Å². The van der Waals surface area contributed by atoms with E-state index in [9.17, 15) is 14.4 Å². The van der Waals surface area contributed by atoms with Crippen molar-refractivity contribution < 1.29 is 19.1 Å². The van der Waals surface area contributed by atoms with Crippen LogP contribution in [0.4, 0.5) is 0 Å². The van der Waals surface area contributed by atoms with Crippen LogP contribution in [0.3, 0.4) is 0 Å². The van der Waals surface area contributed by atoms with E-state index in [0.717, 1.165) is 5.56 Å². The average Bonchev–Trinajstić information content (AvgIpc) is 2.43. The predicted octanol–water partition coefficient (Wildman–Crippen LogP) is 2.23. The van der Waals surface area contributed by atoms with Gasteiger partial charge in [-0.15, -0.1) is 0 Å². The van der Waals surface area contributed by atoms with E-state index in [0.29, 0.717) is 5.56 Å². The van der Waals surface area contributed by atoms with E-state index < -0.39 is 12.1 Å². The number of ketones is 1. The van der Waals surface area contributed by atoms with Gasteiger partial charge in [-0.25, -0.2) is 0 Å². The molecule has 22 heavy (non-hydrogen) atoms. The Bertz CT molecular complexity index is 555. The summed E-state index contributed by atoms with van der Waals surface area (Å²) in [6, 6.07) is 7.23. The molecular formula is C17H23NO4. The highest BCUT2D eigenvalue weighted by atomic mass is 16.5. The first-order valence-corrected chi connectivity index (χ1v) is 7.20. The van der Waals surface area contributed by atoms with Crippen LogP contribution in [-0.4, -0.2) is 30.3 Å². The number of esters is 1. The summed E-state index contributed by atoms with van der Waals surface area (Å²) in [4.78, 5) is 34.4. The maximum Gasteiger partial charge on any atom is 0.326 e. The summed E-state index contributed by atoms with van der Waals surface area (Å²) in [6.45, 7) is 8.84. The number of amides is 1. The second-order valence-corrected chi connectivity index (χ2v) is 6.25. The van der Waals surface area contributed by atoms with Gasteiger partial charge in [-0.2, -0.15) is 0 Å². The van der Waals surface area contributed by atoms with Crippen molar-refractivity contribution in [3.63, 3.8) is 0 Å². The largest absolute Gasteiger partial charge is 0.453 e. The molecular weight excluding hydrogens is 282 g/mol. The third kappa shape index (κ3) is 5.31. The van der Waals surface area contributed by atoms with Gasteiger partial charge in [0.1, 0.15) is 6.54 Å². The summed E-state index contributed by atoms with van der Waals surface area (Å²) in [6.07, 6.45) is -0.796. The zero-order valence-corrected chi connectivity index (χ0v) is 13.7. The Morgan fingerprint density at radius 2 is 1.68 bits per heavy atom. The van der Waals surface area contributed by atoms with Gasteiger partial charge < -0.3 is 10.1 Å². The van der Waals surface area contributed by atoms with Crippen molar-refractivity contribution in [1.82, 2.24) is 5.32 Å². The molecule has 0 bridgehead atoms. The number of carbonyl (C=O) groups excluding carboxylic acids is 3. The van der Waals surface area contributed by atoms with Crippen molar-refractivity contribution in [3.05, 3.63) is 35.4 Å². The Balaban J connectivity index is 2.56. The standard InChI is InChI=1S/C17H23NO4/c1-11(19)12(2)22-15(20)10-18-16(21)13-6-8-14(9-7-13)17(3,4)5/h6-9,12H,10H2,1-5H3,(H,18,21). The van der Waals surface area contributed by atoms with Gasteiger partial charge in [0, 0.05) is 5.56 Å². The summed E-state index contributed by atoms with van der Waals surface area (Å²) >= 11 is 0. The molecule has 1 aromatic carbocycles. The van der Waals surface area contributed by atoms with Crippen molar-refractivity contribution in [3.8, 4) is 0 Å². The molecule has 0 aliphatic carbocycles. The van der Waals surface area contributed by atoms with E-state index in [1.165, 1.54) is 13.8 Å². The highest BCUT2D eigenvalue weighted by Gasteiger charge is 2.16. The molecule has 1 N–H and O–H groups in total. The minimum absolute atomic E-state index is 0.0155. The minimum Gasteiger partial charge on any atom is -0.453 e. The lowest BCUT2D eigenvalue weighted by Gasteiger charge is -2.19. The summed E-state index contributed by atoms with van der Waals surface area (Å²) in [5, 5.41) is 2.48. The second-order valence-electron chi connectivity index (χ2n) is 6.25. The van der Waals surface area contributed by atoms with Crippen LogP contribution in [0.25, 0.3) is 0 Å². The maximum atomic E-state index is 11.9. The van der Waals surface area contributed by atoms with E-state index in [1.54, 1.807) is 12.1 Å². The van der Waals surface area contributed by atoms with Gasteiger partial charge in [-0.3, -0.25) is 14.4 Å². The van der Waals surface area contributed by atoms with Crippen molar-refractivity contribution in [2.24, 2.45) is 0 Å². The molecule has 1 rings (SSSR count). The Labute approximate surface area is 131 Å². The van der Waals surface area contributed by atoms with Crippen LogP contribution >= 0.6 is 0 Å². The molecule has 0 spiro atoms. The van der Waals surface area contributed by atoms with Gasteiger partial charge in [-0.1, -0.05) is 32.9 Å². The molecule has 0 aliphatic heterocycles. The molecule has 0 heterocycles. The van der Waals surface area contributed by atoms with Crippen LogP contribution in [0.2, 0.25) is 0 Å². The SMILES string of the molecule is CC(=O)C(C)OC(=O)CNC(=O)c1ccc(C(C)(C)C)cc1. The third-order valence-electron chi connectivity index (χ3n) is 3.29. The van der Waals surface area contributed by atoms with Crippen LogP contribution < -0.4 is 5.32 Å². The predicted molar refractivity (Wildman–Crippen MR) is 83.7 cm³/mol. The van der Waals surface area contributed by atoms with Crippen molar-refractivity contribution in [2.45, 2.75) is 46.1 Å². The van der Waals surface area contributed by atoms with E-state index in [-0.39, 0.29) is 23.7 Å². The zero-order chi connectivity index (χ0) is 16.9. The fourth-order valence-corrected chi connectivity index (χ4v) is 1.70. The van der Waals surface area contributed by atoms with Crippen molar-refractivity contribution in [2.75, 3.05) is 6.54 Å². The molecule has 0 fully saturated rings. The van der Waals surface area contributed by atoms with Gasteiger partial charge in [0.15, 0.2) is 11.9 Å². The molecule has 5 heteroatoms. The second kappa shape index (κ2) is 7.20. The number of benzene rings is 1. The Hall–Kier alpha value is -2.17. The van der Waals surface area contributed by atoms with Gasteiger partial charge in [-0.05, 0) is 37.0 Å². The Morgan fingerprint density at radius 1 is 1.14 bits per heavy atom. The first kappa shape index (κ1) is 17.9.